The van der Waals surface area contributed by atoms with E-state index in [0.717, 1.165) is 32.1 Å². The first-order chi connectivity index (χ1) is 15.4. The van der Waals surface area contributed by atoms with E-state index in [-0.39, 0.29) is 48.7 Å². The van der Waals surface area contributed by atoms with Crippen LogP contribution in [0.4, 0.5) is 10.5 Å². The fourth-order valence-corrected chi connectivity index (χ4v) is 4.84. The molecule has 3 N–H and O–H groups in total. The summed E-state index contributed by atoms with van der Waals surface area (Å²) >= 11 is 0. The van der Waals surface area contributed by atoms with Crippen LogP contribution in [0.25, 0.3) is 0 Å². The van der Waals surface area contributed by atoms with Crippen molar-refractivity contribution in [3.63, 3.8) is 0 Å². The largest absolute Gasteiger partial charge is 0.490 e. The Bertz CT molecular complexity index is 870. The van der Waals surface area contributed by atoms with E-state index in [4.69, 9.17) is 9.47 Å². The van der Waals surface area contributed by atoms with Crippen LogP contribution < -0.4 is 20.7 Å². The minimum atomic E-state index is -0.310. The number of amides is 4. The average Bonchev–Trinajstić information content (AvgIpc) is 3.29. The lowest BCUT2D eigenvalue weighted by Gasteiger charge is -2.42. The van der Waals surface area contributed by atoms with Crippen LogP contribution in [0.2, 0.25) is 0 Å². The van der Waals surface area contributed by atoms with Gasteiger partial charge >= 0.3 is 6.03 Å². The minimum absolute atomic E-state index is 0.0630. The third-order valence-electron chi connectivity index (χ3n) is 6.65. The van der Waals surface area contributed by atoms with Crippen molar-refractivity contribution in [3.05, 3.63) is 23.8 Å². The van der Waals surface area contributed by atoms with Crippen LogP contribution in [-0.4, -0.2) is 67.7 Å². The van der Waals surface area contributed by atoms with Gasteiger partial charge in [-0.25, -0.2) is 4.79 Å². The number of rotatable bonds is 4. The highest BCUT2D eigenvalue weighted by Crippen LogP contribution is 2.32. The highest BCUT2D eigenvalue weighted by atomic mass is 16.5. The molecule has 0 aromatic heterocycles. The number of anilines is 1. The maximum Gasteiger partial charge on any atom is 0.319 e. The Kier molecular flexibility index (Phi) is 6.83. The van der Waals surface area contributed by atoms with Crippen LogP contribution in [0.3, 0.4) is 0 Å². The zero-order valence-electron chi connectivity index (χ0n) is 18.7. The zero-order chi connectivity index (χ0) is 22.7. The molecule has 1 aromatic rings. The van der Waals surface area contributed by atoms with E-state index >= 15 is 0 Å². The Morgan fingerprint density at radius 1 is 1.16 bits per heavy atom. The SMILES string of the molecule is CNC(=O)C[C@H]1CC[C@H]2[C@H](COc3ccc(NC(=O)NC4CCCC4)cc3C(=O)N2C)O1. The van der Waals surface area contributed by atoms with Gasteiger partial charge in [-0.1, -0.05) is 12.8 Å². The molecule has 0 bridgehead atoms. The Hall–Kier alpha value is -2.81. The summed E-state index contributed by atoms with van der Waals surface area (Å²) in [7, 11) is 3.38. The first-order valence-corrected chi connectivity index (χ1v) is 11.4. The minimum Gasteiger partial charge on any atom is -0.490 e. The van der Waals surface area contributed by atoms with E-state index in [1.54, 1.807) is 37.2 Å². The van der Waals surface area contributed by atoms with E-state index < -0.39 is 0 Å². The maximum atomic E-state index is 13.3. The number of carbonyl (C=O) groups is 3. The molecule has 1 saturated heterocycles. The van der Waals surface area contributed by atoms with Gasteiger partial charge in [-0.2, -0.15) is 0 Å². The summed E-state index contributed by atoms with van der Waals surface area (Å²) in [5.41, 5.74) is 0.962. The fourth-order valence-electron chi connectivity index (χ4n) is 4.84. The Morgan fingerprint density at radius 3 is 2.69 bits per heavy atom. The molecule has 9 nitrogen and oxygen atoms in total. The van der Waals surface area contributed by atoms with E-state index in [2.05, 4.69) is 16.0 Å². The topological polar surface area (TPSA) is 109 Å². The number of carbonyl (C=O) groups excluding carboxylic acids is 3. The van der Waals surface area contributed by atoms with E-state index in [1.165, 1.54) is 0 Å². The molecule has 2 fully saturated rings. The standard InChI is InChI=1S/C23H32N4O5/c1-24-21(28)12-16-8-9-18-20(32-16)13-31-19-10-7-15(11-17(19)22(29)27(18)2)26-23(30)25-14-5-3-4-6-14/h7,10-11,14,16,18,20H,3-6,8-9,12-13H2,1-2H3,(H,24,28)(H2,25,26,30)/t16-,18+,20+/m1/s1. The van der Waals surface area contributed by atoms with Crippen LogP contribution in [0.5, 0.6) is 5.75 Å². The van der Waals surface area contributed by atoms with Crippen molar-refractivity contribution in [1.29, 1.82) is 0 Å². The number of fused-ring (bicyclic) bond motifs is 2. The molecule has 174 valence electrons. The summed E-state index contributed by atoms with van der Waals surface area (Å²) < 4.78 is 12.1. The molecule has 1 saturated carbocycles. The number of benzene rings is 1. The van der Waals surface area contributed by atoms with Gasteiger partial charge in [0, 0.05) is 25.8 Å². The molecule has 4 rings (SSSR count). The van der Waals surface area contributed by atoms with E-state index in [9.17, 15) is 14.4 Å². The highest BCUT2D eigenvalue weighted by Gasteiger charge is 2.39. The third kappa shape index (κ3) is 4.98. The molecule has 0 unspecified atom stereocenters. The molecule has 1 aliphatic carbocycles. The van der Waals surface area contributed by atoms with E-state index in [1.807, 2.05) is 0 Å². The van der Waals surface area contributed by atoms with Gasteiger partial charge < -0.3 is 30.3 Å². The summed E-state index contributed by atoms with van der Waals surface area (Å²) in [6.07, 6.45) is 5.51. The molecule has 0 spiro atoms. The molecule has 2 aliphatic heterocycles. The number of nitrogens with one attached hydrogen (secondary N) is 3. The highest BCUT2D eigenvalue weighted by molar-refractivity contribution is 5.99. The second-order valence-electron chi connectivity index (χ2n) is 8.84. The van der Waals surface area contributed by atoms with Gasteiger partial charge in [0.15, 0.2) is 0 Å². The zero-order valence-corrected chi connectivity index (χ0v) is 18.7. The summed E-state index contributed by atoms with van der Waals surface area (Å²) in [4.78, 5) is 39.0. The smallest absolute Gasteiger partial charge is 0.319 e. The molecule has 4 amide bonds. The van der Waals surface area contributed by atoms with Gasteiger partial charge in [0.05, 0.1) is 24.1 Å². The predicted octanol–water partition coefficient (Wildman–Crippen LogP) is 2.27. The van der Waals surface area contributed by atoms with Crippen molar-refractivity contribution in [3.8, 4) is 5.75 Å². The fraction of sp³-hybridized carbons (Fsp3) is 0.609. The molecule has 3 aliphatic rings. The van der Waals surface area contributed by atoms with Crippen LogP contribution in [0.1, 0.15) is 55.3 Å². The molecule has 0 radical (unpaired) electrons. The van der Waals surface area contributed by atoms with Gasteiger partial charge in [0.1, 0.15) is 18.5 Å². The Morgan fingerprint density at radius 2 is 1.94 bits per heavy atom. The monoisotopic (exact) mass is 444 g/mol. The van der Waals surface area contributed by atoms with Crippen molar-refractivity contribution >= 4 is 23.5 Å². The molecule has 32 heavy (non-hydrogen) atoms. The van der Waals surface area contributed by atoms with Crippen molar-refractivity contribution in [2.24, 2.45) is 0 Å². The Labute approximate surface area is 188 Å². The lowest BCUT2D eigenvalue weighted by Crippen LogP contribution is -2.53. The van der Waals surface area contributed by atoms with E-state index in [0.29, 0.717) is 29.8 Å². The predicted molar refractivity (Wildman–Crippen MR) is 119 cm³/mol. The van der Waals surface area contributed by atoms with Crippen molar-refractivity contribution < 1.29 is 23.9 Å². The molecule has 9 heteroatoms. The number of likely N-dealkylation sites (N-methyl/N-ethyl adjacent to an activating group) is 1. The molecule has 2 heterocycles. The average molecular weight is 445 g/mol. The van der Waals surface area contributed by atoms with Gasteiger partial charge in [-0.3, -0.25) is 9.59 Å². The lowest BCUT2D eigenvalue weighted by molar-refractivity contribution is -0.133. The number of nitrogens with zero attached hydrogens (tertiary/aromatic N) is 1. The van der Waals surface area contributed by atoms with Gasteiger partial charge in [0.25, 0.3) is 5.91 Å². The first-order valence-electron chi connectivity index (χ1n) is 11.4. The van der Waals surface area contributed by atoms with Crippen LogP contribution in [0, 0.1) is 0 Å². The third-order valence-corrected chi connectivity index (χ3v) is 6.65. The van der Waals surface area contributed by atoms with Crippen molar-refractivity contribution in [2.75, 3.05) is 26.0 Å². The quantitative estimate of drug-likeness (QED) is 0.660. The summed E-state index contributed by atoms with van der Waals surface area (Å²) in [5.74, 6) is 0.217. The lowest BCUT2D eigenvalue weighted by atomic mass is 9.94. The molecule has 1 aromatic carbocycles. The number of ether oxygens (including phenoxy) is 2. The molecule has 3 atom stereocenters. The van der Waals surface area contributed by atoms with Gasteiger partial charge in [-0.05, 0) is 43.9 Å². The van der Waals surface area contributed by atoms with Gasteiger partial charge in [0.2, 0.25) is 5.91 Å². The van der Waals surface area contributed by atoms with Crippen LogP contribution in [0.15, 0.2) is 18.2 Å². The molecular formula is C23H32N4O5. The first kappa shape index (κ1) is 22.4. The van der Waals surface area contributed by atoms with Crippen LogP contribution in [-0.2, 0) is 9.53 Å². The second-order valence-corrected chi connectivity index (χ2v) is 8.84. The van der Waals surface area contributed by atoms with Gasteiger partial charge in [-0.15, -0.1) is 0 Å². The Balaban J connectivity index is 1.45. The summed E-state index contributed by atoms with van der Waals surface area (Å²) in [6, 6.07) is 4.92. The maximum absolute atomic E-state index is 13.3. The molecular weight excluding hydrogens is 412 g/mol. The normalized spacial score (nSPS) is 25.6. The van der Waals surface area contributed by atoms with Crippen molar-refractivity contribution in [1.82, 2.24) is 15.5 Å². The summed E-state index contributed by atoms with van der Waals surface area (Å²) in [5, 5.41) is 8.45. The summed E-state index contributed by atoms with van der Waals surface area (Å²) in [6.45, 7) is 0.286. The van der Waals surface area contributed by atoms with Crippen LogP contribution >= 0.6 is 0 Å². The number of urea groups is 1. The van der Waals surface area contributed by atoms with Crippen molar-refractivity contribution in [2.45, 2.75) is 69.2 Å². The number of hydrogen-bond donors (Lipinski definition) is 3. The second kappa shape index (κ2) is 9.77. The number of hydrogen-bond acceptors (Lipinski definition) is 5.